The normalized spacial score (nSPS) is 9.96. The molecule has 3 amide bonds. The fraction of sp³-hybridized carbons (Fsp3) is 0.176. The summed E-state index contributed by atoms with van der Waals surface area (Å²) < 4.78 is 4.91. The first-order chi connectivity index (χ1) is 12.1. The number of rotatable bonds is 6. The molecule has 0 aliphatic heterocycles. The second-order valence-electron chi connectivity index (χ2n) is 4.85. The number of thioether (sulfide) groups is 1. The number of urea groups is 1. The van der Waals surface area contributed by atoms with Gasteiger partial charge in [0.15, 0.2) is 6.61 Å². The molecule has 0 unspecified atom stereocenters. The smallest absolute Gasteiger partial charge is 0.341 e. The number of amides is 3. The zero-order valence-electron chi connectivity index (χ0n) is 13.5. The number of pyridine rings is 1. The van der Waals surface area contributed by atoms with E-state index in [1.165, 1.54) is 11.8 Å². The van der Waals surface area contributed by atoms with Crippen molar-refractivity contribution in [1.29, 1.82) is 0 Å². The first-order valence-corrected chi connectivity index (χ1v) is 8.60. The average Bonchev–Trinajstić information content (AvgIpc) is 2.65. The number of hydrogen-bond acceptors (Lipinski definition) is 6. The van der Waals surface area contributed by atoms with Crippen molar-refractivity contribution in [2.24, 2.45) is 0 Å². The summed E-state index contributed by atoms with van der Waals surface area (Å²) in [6, 6.07) is 11.8. The van der Waals surface area contributed by atoms with E-state index in [1.54, 1.807) is 24.6 Å². The van der Waals surface area contributed by atoms with Gasteiger partial charge in [0.25, 0.3) is 5.91 Å². The minimum atomic E-state index is -0.714. The molecule has 7 nitrogen and oxygen atoms in total. The van der Waals surface area contributed by atoms with Crippen molar-refractivity contribution in [3.05, 3.63) is 59.8 Å². The van der Waals surface area contributed by atoms with Gasteiger partial charge in [-0.1, -0.05) is 30.3 Å². The zero-order valence-corrected chi connectivity index (χ0v) is 14.3. The van der Waals surface area contributed by atoms with Gasteiger partial charge in [-0.25, -0.2) is 14.6 Å². The molecule has 0 aliphatic carbocycles. The fourth-order valence-corrected chi connectivity index (χ4v) is 2.44. The molecule has 1 heterocycles. The third kappa shape index (κ3) is 5.92. The Bertz CT molecular complexity index is 753. The highest BCUT2D eigenvalue weighted by Gasteiger charge is 2.15. The van der Waals surface area contributed by atoms with Crippen molar-refractivity contribution < 1.29 is 19.1 Å². The Morgan fingerprint density at radius 1 is 1.12 bits per heavy atom. The standard InChI is InChI=1S/C17H17N3O4S/c1-25-15-13(8-5-9-18-15)16(22)24-11-14(21)20-17(23)19-10-12-6-3-2-4-7-12/h2-9H,10-11H2,1H3,(H2,19,20,21,23). The highest BCUT2D eigenvalue weighted by atomic mass is 32.2. The SMILES string of the molecule is CSc1ncccc1C(=O)OCC(=O)NC(=O)NCc1ccccc1. The quantitative estimate of drug-likeness (QED) is 0.605. The van der Waals surface area contributed by atoms with Gasteiger partial charge in [-0.2, -0.15) is 0 Å². The predicted octanol–water partition coefficient (Wildman–Crippen LogP) is 1.99. The van der Waals surface area contributed by atoms with E-state index < -0.39 is 24.5 Å². The largest absolute Gasteiger partial charge is 0.452 e. The Kier molecular flexibility index (Phi) is 6.97. The van der Waals surface area contributed by atoms with E-state index in [0.29, 0.717) is 5.03 Å². The first-order valence-electron chi connectivity index (χ1n) is 7.38. The second-order valence-corrected chi connectivity index (χ2v) is 5.65. The number of carbonyl (C=O) groups excluding carboxylic acids is 3. The lowest BCUT2D eigenvalue weighted by Crippen LogP contribution is -2.41. The van der Waals surface area contributed by atoms with Crippen LogP contribution in [-0.2, 0) is 16.1 Å². The van der Waals surface area contributed by atoms with Crippen LogP contribution in [-0.4, -0.2) is 35.8 Å². The number of esters is 1. The van der Waals surface area contributed by atoms with Crippen molar-refractivity contribution in [1.82, 2.24) is 15.6 Å². The molecule has 0 aliphatic rings. The number of ether oxygens (including phenoxy) is 1. The van der Waals surface area contributed by atoms with Crippen LogP contribution in [0.4, 0.5) is 4.79 Å². The van der Waals surface area contributed by atoms with Gasteiger partial charge in [0.2, 0.25) is 0 Å². The van der Waals surface area contributed by atoms with Crippen LogP contribution in [0.3, 0.4) is 0 Å². The van der Waals surface area contributed by atoms with E-state index in [1.807, 2.05) is 30.3 Å². The van der Waals surface area contributed by atoms with Crippen LogP contribution in [0.1, 0.15) is 15.9 Å². The van der Waals surface area contributed by atoms with E-state index >= 15 is 0 Å². The van der Waals surface area contributed by atoms with Gasteiger partial charge in [-0.15, -0.1) is 11.8 Å². The molecule has 0 fully saturated rings. The van der Waals surface area contributed by atoms with Gasteiger partial charge < -0.3 is 10.1 Å². The summed E-state index contributed by atoms with van der Waals surface area (Å²) in [6.07, 6.45) is 3.34. The fourth-order valence-electron chi connectivity index (χ4n) is 1.90. The van der Waals surface area contributed by atoms with Crippen LogP contribution in [0.5, 0.6) is 0 Å². The molecule has 0 bridgehead atoms. The summed E-state index contributed by atoms with van der Waals surface area (Å²) in [7, 11) is 0. The second kappa shape index (κ2) is 9.43. The van der Waals surface area contributed by atoms with Crippen molar-refractivity contribution in [3.8, 4) is 0 Å². The summed E-state index contributed by atoms with van der Waals surface area (Å²) in [4.78, 5) is 39.3. The van der Waals surface area contributed by atoms with Crippen molar-refractivity contribution in [3.63, 3.8) is 0 Å². The Labute approximate surface area is 149 Å². The van der Waals surface area contributed by atoms with E-state index in [4.69, 9.17) is 4.74 Å². The molecular formula is C17H17N3O4S. The van der Waals surface area contributed by atoms with Gasteiger partial charge in [0.1, 0.15) is 5.03 Å². The number of benzene rings is 1. The highest BCUT2D eigenvalue weighted by Crippen LogP contribution is 2.17. The van der Waals surface area contributed by atoms with Gasteiger partial charge in [-0.05, 0) is 24.0 Å². The summed E-state index contributed by atoms with van der Waals surface area (Å²) in [5, 5.41) is 5.15. The van der Waals surface area contributed by atoms with E-state index in [0.717, 1.165) is 5.56 Å². The lowest BCUT2D eigenvalue weighted by molar-refractivity contribution is -0.123. The lowest BCUT2D eigenvalue weighted by Gasteiger charge is -2.08. The molecule has 1 aromatic heterocycles. The first kappa shape index (κ1) is 18.5. The molecule has 0 atom stereocenters. The molecule has 1 aromatic carbocycles. The Morgan fingerprint density at radius 2 is 1.88 bits per heavy atom. The maximum Gasteiger partial charge on any atom is 0.341 e. The van der Waals surface area contributed by atoms with Crippen LogP contribution in [0.15, 0.2) is 53.7 Å². The number of nitrogens with one attached hydrogen (secondary N) is 2. The summed E-state index contributed by atoms with van der Waals surface area (Å²) >= 11 is 1.30. The minimum Gasteiger partial charge on any atom is -0.452 e. The Morgan fingerprint density at radius 3 is 2.60 bits per heavy atom. The van der Waals surface area contributed by atoms with Gasteiger partial charge in [0, 0.05) is 12.7 Å². The van der Waals surface area contributed by atoms with Crippen molar-refractivity contribution in [2.45, 2.75) is 11.6 Å². The summed E-state index contributed by atoms with van der Waals surface area (Å²) in [5.74, 6) is -1.38. The highest BCUT2D eigenvalue weighted by molar-refractivity contribution is 7.98. The third-order valence-electron chi connectivity index (χ3n) is 3.07. The van der Waals surface area contributed by atoms with Crippen LogP contribution < -0.4 is 10.6 Å². The average molecular weight is 359 g/mol. The summed E-state index contributed by atoms with van der Waals surface area (Å²) in [6.45, 7) is -0.271. The molecule has 8 heteroatoms. The maximum atomic E-state index is 12.0. The van der Waals surface area contributed by atoms with Gasteiger partial charge >= 0.3 is 12.0 Å². The molecule has 0 radical (unpaired) electrons. The molecule has 2 N–H and O–H groups in total. The number of hydrogen-bond donors (Lipinski definition) is 2. The minimum absolute atomic E-state index is 0.274. The van der Waals surface area contributed by atoms with E-state index in [-0.39, 0.29) is 12.1 Å². The topological polar surface area (TPSA) is 97.4 Å². The monoisotopic (exact) mass is 359 g/mol. The molecule has 0 saturated carbocycles. The van der Waals surface area contributed by atoms with Crippen molar-refractivity contribution >= 4 is 29.7 Å². The number of carbonyl (C=O) groups is 3. The molecule has 0 spiro atoms. The predicted molar refractivity (Wildman–Crippen MR) is 93.1 cm³/mol. The van der Waals surface area contributed by atoms with Crippen LogP contribution in [0.25, 0.3) is 0 Å². The molecule has 25 heavy (non-hydrogen) atoms. The molecule has 2 rings (SSSR count). The summed E-state index contributed by atoms with van der Waals surface area (Å²) in [5.41, 5.74) is 1.18. The Balaban J connectivity index is 1.76. The Hall–Kier alpha value is -2.87. The molecule has 0 saturated heterocycles. The van der Waals surface area contributed by atoms with Crippen molar-refractivity contribution in [2.75, 3.05) is 12.9 Å². The zero-order chi connectivity index (χ0) is 18.1. The van der Waals surface area contributed by atoms with E-state index in [9.17, 15) is 14.4 Å². The number of imide groups is 1. The third-order valence-corrected chi connectivity index (χ3v) is 3.78. The number of aromatic nitrogens is 1. The van der Waals surface area contributed by atoms with Crippen LogP contribution in [0.2, 0.25) is 0 Å². The van der Waals surface area contributed by atoms with Gasteiger partial charge in [0.05, 0.1) is 5.56 Å². The molecule has 130 valence electrons. The number of nitrogens with zero attached hydrogens (tertiary/aromatic N) is 1. The van der Waals surface area contributed by atoms with Crippen LogP contribution >= 0.6 is 11.8 Å². The maximum absolute atomic E-state index is 12.0. The molecular weight excluding hydrogens is 342 g/mol. The van der Waals surface area contributed by atoms with Gasteiger partial charge in [-0.3, -0.25) is 10.1 Å². The lowest BCUT2D eigenvalue weighted by atomic mass is 10.2. The van der Waals surface area contributed by atoms with Crippen LogP contribution in [0, 0.1) is 0 Å². The van der Waals surface area contributed by atoms with E-state index in [2.05, 4.69) is 15.6 Å². The molecule has 2 aromatic rings.